The molecule has 2 atom stereocenters. The van der Waals surface area contributed by atoms with Gasteiger partial charge in [-0.25, -0.2) is 0 Å². The summed E-state index contributed by atoms with van der Waals surface area (Å²) in [4.78, 5) is 9.74. The van der Waals surface area contributed by atoms with E-state index in [0.717, 1.165) is 0 Å². The van der Waals surface area contributed by atoms with Crippen LogP contribution in [0, 0.1) is 16.0 Å². The number of rotatable bonds is 1. The molecule has 0 aliphatic heterocycles. The lowest BCUT2D eigenvalue weighted by Gasteiger charge is -2.28. The van der Waals surface area contributed by atoms with E-state index in [4.69, 9.17) is 0 Å². The topological polar surface area (TPSA) is 43.1 Å². The van der Waals surface area contributed by atoms with Gasteiger partial charge in [-0.2, -0.15) is 13.2 Å². The normalized spacial score (nSPS) is 28.1. The third kappa shape index (κ3) is 2.49. The van der Waals surface area contributed by atoms with E-state index >= 15 is 0 Å². The molecule has 1 aliphatic rings. The molecule has 1 aliphatic carbocycles. The number of allylic oxidation sites excluding steroid dienone is 1. The predicted molar refractivity (Wildman–Crippen MR) is 47.9 cm³/mol. The molecule has 15 heavy (non-hydrogen) atoms. The molecule has 0 spiro atoms. The predicted octanol–water partition coefficient (Wildman–Crippen LogP) is 2.94. The van der Waals surface area contributed by atoms with Gasteiger partial charge < -0.3 is 0 Å². The summed E-state index contributed by atoms with van der Waals surface area (Å²) in [7, 11) is 0. The van der Waals surface area contributed by atoms with Crippen molar-refractivity contribution in [3.8, 4) is 0 Å². The second-order valence-electron chi connectivity index (χ2n) is 3.97. The second kappa shape index (κ2) is 3.83. The number of hydrogen-bond acceptors (Lipinski definition) is 2. The van der Waals surface area contributed by atoms with Crippen LogP contribution in [-0.2, 0) is 0 Å². The van der Waals surface area contributed by atoms with E-state index in [1.807, 2.05) is 0 Å². The van der Waals surface area contributed by atoms with Crippen LogP contribution in [-0.4, -0.2) is 17.1 Å². The Kier molecular flexibility index (Phi) is 3.06. The van der Waals surface area contributed by atoms with Crippen LogP contribution in [0.5, 0.6) is 0 Å². The summed E-state index contributed by atoms with van der Waals surface area (Å²) in [5.74, 6) is -1.84. The quantitative estimate of drug-likeness (QED) is 0.389. The molecule has 6 heteroatoms. The minimum absolute atomic E-state index is 0.0942. The van der Waals surface area contributed by atoms with E-state index < -0.39 is 23.1 Å². The molecule has 0 aromatic carbocycles. The van der Waals surface area contributed by atoms with E-state index in [1.165, 1.54) is 0 Å². The number of halogens is 3. The molecule has 0 N–H and O–H groups in total. The van der Waals surface area contributed by atoms with E-state index in [9.17, 15) is 23.3 Å². The first-order valence-corrected chi connectivity index (χ1v) is 4.59. The zero-order valence-corrected chi connectivity index (χ0v) is 8.47. The molecule has 0 fully saturated rings. The lowest BCUT2D eigenvalue weighted by atomic mass is 9.81. The van der Waals surface area contributed by atoms with Crippen LogP contribution in [0.15, 0.2) is 11.1 Å². The average molecular weight is 223 g/mol. The van der Waals surface area contributed by atoms with Crippen molar-refractivity contribution in [3.05, 3.63) is 21.3 Å². The van der Waals surface area contributed by atoms with Gasteiger partial charge in [-0.05, 0) is 20.3 Å². The summed E-state index contributed by atoms with van der Waals surface area (Å²) in [6, 6.07) is -1.52. The maximum Gasteiger partial charge on any atom is 0.398 e. The molecule has 0 radical (unpaired) electrons. The molecule has 0 amide bonds. The molecule has 0 aromatic rings. The number of hydrogen-bond donors (Lipinski definition) is 0. The largest absolute Gasteiger partial charge is 0.398 e. The Morgan fingerprint density at radius 1 is 1.27 bits per heavy atom. The highest BCUT2D eigenvalue weighted by Crippen LogP contribution is 2.40. The van der Waals surface area contributed by atoms with Gasteiger partial charge in [-0.3, -0.25) is 10.1 Å². The van der Waals surface area contributed by atoms with E-state index in [2.05, 4.69) is 0 Å². The van der Waals surface area contributed by atoms with Crippen LogP contribution in [0.4, 0.5) is 13.2 Å². The molecular formula is C9H12F3NO2. The highest BCUT2D eigenvalue weighted by atomic mass is 19.4. The van der Waals surface area contributed by atoms with Gasteiger partial charge >= 0.3 is 6.18 Å². The third-order valence-electron chi connectivity index (χ3n) is 2.93. The van der Waals surface area contributed by atoms with Gasteiger partial charge in [-0.15, -0.1) is 0 Å². The van der Waals surface area contributed by atoms with Gasteiger partial charge in [0.15, 0.2) is 0 Å². The minimum atomic E-state index is -4.49. The summed E-state index contributed by atoms with van der Waals surface area (Å²) >= 11 is 0. The average Bonchev–Trinajstić information content (AvgIpc) is 2.06. The first kappa shape index (κ1) is 12.0. The zero-order valence-electron chi connectivity index (χ0n) is 8.47. The maximum atomic E-state index is 12.5. The van der Waals surface area contributed by atoms with Crippen molar-refractivity contribution in [1.29, 1.82) is 0 Å². The van der Waals surface area contributed by atoms with Crippen molar-refractivity contribution in [2.75, 3.05) is 0 Å². The number of nitro groups is 1. The van der Waals surface area contributed by atoms with Crippen molar-refractivity contribution in [1.82, 2.24) is 0 Å². The molecule has 0 saturated heterocycles. The van der Waals surface area contributed by atoms with Crippen LogP contribution < -0.4 is 0 Å². The maximum absolute atomic E-state index is 12.5. The summed E-state index contributed by atoms with van der Waals surface area (Å²) in [5, 5.41) is 10.5. The Bertz CT molecular complexity index is 309. The first-order valence-electron chi connectivity index (χ1n) is 4.59. The molecule has 86 valence electrons. The van der Waals surface area contributed by atoms with Crippen molar-refractivity contribution in [2.24, 2.45) is 5.92 Å². The standard InChI is InChI=1S/C9H12F3NO2/c1-5-3-7(9(10,11)12)8(13(14)15)4-6(5)2/h7-8H,3-4H2,1-2H3. The van der Waals surface area contributed by atoms with Gasteiger partial charge in [-0.1, -0.05) is 11.1 Å². The van der Waals surface area contributed by atoms with Gasteiger partial charge in [0.25, 0.3) is 0 Å². The lowest BCUT2D eigenvalue weighted by Crippen LogP contribution is -2.41. The SMILES string of the molecule is CC1=C(C)CC(C(F)(F)F)C([N+](=O)[O-])C1. The van der Waals surface area contributed by atoms with Crippen molar-refractivity contribution in [2.45, 2.75) is 38.9 Å². The Morgan fingerprint density at radius 3 is 2.13 bits per heavy atom. The molecule has 0 bridgehead atoms. The summed E-state index contributed by atoms with van der Waals surface area (Å²) in [5.41, 5.74) is 1.33. The number of alkyl halides is 3. The lowest BCUT2D eigenvalue weighted by molar-refractivity contribution is -0.542. The fourth-order valence-electron chi connectivity index (χ4n) is 1.83. The van der Waals surface area contributed by atoms with Gasteiger partial charge in [0.05, 0.1) is 0 Å². The smallest absolute Gasteiger partial charge is 0.264 e. The molecule has 0 saturated carbocycles. The van der Waals surface area contributed by atoms with Crippen LogP contribution in [0.3, 0.4) is 0 Å². The fraction of sp³-hybridized carbons (Fsp3) is 0.778. The van der Waals surface area contributed by atoms with Crippen molar-refractivity contribution in [3.63, 3.8) is 0 Å². The van der Waals surface area contributed by atoms with Crippen LogP contribution in [0.25, 0.3) is 0 Å². The van der Waals surface area contributed by atoms with Crippen LogP contribution in [0.1, 0.15) is 26.7 Å². The van der Waals surface area contributed by atoms with Crippen molar-refractivity contribution >= 4 is 0 Å². The summed E-state index contributed by atoms with van der Waals surface area (Å²) in [6.45, 7) is 3.25. The Hall–Kier alpha value is -1.07. The first-order chi connectivity index (χ1) is 6.73. The molecule has 1 rings (SSSR count). The van der Waals surface area contributed by atoms with E-state index in [-0.39, 0.29) is 12.8 Å². The molecule has 3 nitrogen and oxygen atoms in total. The fourth-order valence-corrected chi connectivity index (χ4v) is 1.83. The van der Waals surface area contributed by atoms with Crippen molar-refractivity contribution < 1.29 is 18.1 Å². The Balaban J connectivity index is 3.00. The third-order valence-corrected chi connectivity index (χ3v) is 2.93. The highest BCUT2D eigenvalue weighted by molar-refractivity contribution is 5.16. The zero-order chi connectivity index (χ0) is 11.8. The van der Waals surface area contributed by atoms with Crippen LogP contribution >= 0.6 is 0 Å². The number of nitrogens with zero attached hydrogens (tertiary/aromatic N) is 1. The van der Waals surface area contributed by atoms with E-state index in [1.54, 1.807) is 13.8 Å². The monoisotopic (exact) mass is 223 g/mol. The summed E-state index contributed by atoms with van der Waals surface area (Å²) < 4.78 is 37.6. The molecule has 2 unspecified atom stereocenters. The Morgan fingerprint density at radius 2 is 1.73 bits per heavy atom. The van der Waals surface area contributed by atoms with Gasteiger partial charge in [0.2, 0.25) is 6.04 Å². The van der Waals surface area contributed by atoms with Gasteiger partial charge in [0.1, 0.15) is 5.92 Å². The highest BCUT2D eigenvalue weighted by Gasteiger charge is 2.51. The molecular weight excluding hydrogens is 211 g/mol. The Labute approximate surface area is 85.1 Å². The van der Waals surface area contributed by atoms with E-state index in [0.29, 0.717) is 11.1 Å². The molecule has 0 aromatic heterocycles. The minimum Gasteiger partial charge on any atom is -0.264 e. The van der Waals surface area contributed by atoms with Gasteiger partial charge in [0, 0.05) is 11.3 Å². The molecule has 0 heterocycles. The van der Waals surface area contributed by atoms with Crippen LogP contribution in [0.2, 0.25) is 0 Å². The second-order valence-corrected chi connectivity index (χ2v) is 3.97. The summed E-state index contributed by atoms with van der Waals surface area (Å²) in [6.07, 6.45) is -4.83.